The highest BCUT2D eigenvalue weighted by Gasteiger charge is 2.21. The van der Waals surface area contributed by atoms with Gasteiger partial charge in [0.1, 0.15) is 0 Å². The molecule has 14 rings (SSSR count). The second-order valence-corrected chi connectivity index (χ2v) is 20.0. The number of anilines is 3. The van der Waals surface area contributed by atoms with E-state index in [4.69, 9.17) is 0 Å². The average Bonchev–Trinajstić information content (AvgIpc) is 4.02. The van der Waals surface area contributed by atoms with Crippen molar-refractivity contribution in [3.8, 4) is 83.6 Å². The van der Waals surface area contributed by atoms with Gasteiger partial charge in [0, 0.05) is 33.5 Å². The van der Waals surface area contributed by atoms with Crippen LogP contribution in [0.25, 0.3) is 116 Å². The molecule has 13 aromatic carbocycles. The molecule has 0 saturated carbocycles. The highest BCUT2D eigenvalue weighted by Crippen LogP contribution is 2.45. The summed E-state index contributed by atoms with van der Waals surface area (Å²) >= 11 is 0. The van der Waals surface area contributed by atoms with Crippen molar-refractivity contribution in [2.75, 3.05) is 4.90 Å². The van der Waals surface area contributed by atoms with Crippen LogP contribution in [0.1, 0.15) is 0 Å². The molecule has 0 unspecified atom stereocenters. The predicted molar refractivity (Wildman–Crippen MR) is 331 cm³/mol. The zero-order valence-electron chi connectivity index (χ0n) is 42.9. The average molecular weight is 993 g/mol. The lowest BCUT2D eigenvalue weighted by Crippen LogP contribution is -2.10. The SMILES string of the molecule is c1ccc(-c2ccc(-c3ccc(-n4c5ccccc5c5ccc(N(c6ccc(-c7ccc8ccccc8c7-c7ccccc7)cc6)c6ccc(-c7c(-c8ccccc8)cccc7-c7ccccc7)cc6)cc54)cc3)cc2)cc1. The van der Waals surface area contributed by atoms with Gasteiger partial charge in [-0.3, -0.25) is 0 Å². The van der Waals surface area contributed by atoms with Gasteiger partial charge in [-0.2, -0.15) is 0 Å². The monoisotopic (exact) mass is 992 g/mol. The molecule has 0 radical (unpaired) electrons. The molecular formula is C76H52N2. The Morgan fingerprint density at radius 3 is 1.21 bits per heavy atom. The van der Waals surface area contributed by atoms with E-state index in [1.807, 2.05) is 0 Å². The third-order valence-electron chi connectivity index (χ3n) is 15.4. The maximum atomic E-state index is 2.43. The van der Waals surface area contributed by atoms with Gasteiger partial charge in [0.05, 0.1) is 11.0 Å². The molecule has 1 aromatic heterocycles. The molecule has 0 aliphatic rings. The summed E-state index contributed by atoms with van der Waals surface area (Å²) in [4.78, 5) is 2.41. The Morgan fingerprint density at radius 1 is 0.218 bits per heavy atom. The van der Waals surface area contributed by atoms with E-state index in [9.17, 15) is 0 Å². The zero-order chi connectivity index (χ0) is 51.8. The van der Waals surface area contributed by atoms with Gasteiger partial charge >= 0.3 is 0 Å². The molecule has 0 fully saturated rings. The van der Waals surface area contributed by atoms with Gasteiger partial charge < -0.3 is 9.47 Å². The number of benzene rings is 13. The highest BCUT2D eigenvalue weighted by molar-refractivity contribution is 6.11. The number of fused-ring (bicyclic) bond motifs is 4. The van der Waals surface area contributed by atoms with E-state index in [0.29, 0.717) is 0 Å². The van der Waals surface area contributed by atoms with Crippen molar-refractivity contribution in [2.45, 2.75) is 0 Å². The fraction of sp³-hybridized carbons (Fsp3) is 0. The van der Waals surface area contributed by atoms with Crippen molar-refractivity contribution in [2.24, 2.45) is 0 Å². The van der Waals surface area contributed by atoms with Crippen molar-refractivity contribution in [1.82, 2.24) is 4.57 Å². The molecule has 0 aliphatic heterocycles. The molecule has 0 amide bonds. The number of nitrogens with zero attached hydrogens (tertiary/aromatic N) is 2. The molecule has 2 nitrogen and oxygen atoms in total. The van der Waals surface area contributed by atoms with E-state index in [0.717, 1.165) is 39.4 Å². The summed E-state index contributed by atoms with van der Waals surface area (Å²) in [6, 6.07) is 115. The minimum Gasteiger partial charge on any atom is -0.310 e. The summed E-state index contributed by atoms with van der Waals surface area (Å²) in [6.45, 7) is 0. The molecule has 0 atom stereocenters. The van der Waals surface area contributed by atoms with Crippen LogP contribution in [-0.2, 0) is 0 Å². The maximum Gasteiger partial charge on any atom is 0.0561 e. The molecule has 14 aromatic rings. The maximum absolute atomic E-state index is 2.43. The van der Waals surface area contributed by atoms with E-state index < -0.39 is 0 Å². The Labute approximate surface area is 455 Å². The van der Waals surface area contributed by atoms with E-state index in [2.05, 4.69) is 325 Å². The van der Waals surface area contributed by atoms with Gasteiger partial charge in [0.15, 0.2) is 0 Å². The van der Waals surface area contributed by atoms with Crippen LogP contribution in [0.3, 0.4) is 0 Å². The number of hydrogen-bond acceptors (Lipinski definition) is 1. The number of aromatic nitrogens is 1. The van der Waals surface area contributed by atoms with E-state index in [-0.39, 0.29) is 0 Å². The summed E-state index contributed by atoms with van der Waals surface area (Å²) in [6.07, 6.45) is 0. The Morgan fingerprint density at radius 2 is 0.615 bits per heavy atom. The van der Waals surface area contributed by atoms with Gasteiger partial charge in [-0.05, 0) is 143 Å². The topological polar surface area (TPSA) is 8.17 Å². The third kappa shape index (κ3) is 8.52. The fourth-order valence-corrected chi connectivity index (χ4v) is 11.7. The number of hydrogen-bond donors (Lipinski definition) is 0. The lowest BCUT2D eigenvalue weighted by Gasteiger charge is -2.27. The summed E-state index contributed by atoms with van der Waals surface area (Å²) in [5.41, 5.74) is 23.4. The van der Waals surface area contributed by atoms with E-state index >= 15 is 0 Å². The van der Waals surface area contributed by atoms with Crippen LogP contribution < -0.4 is 4.90 Å². The van der Waals surface area contributed by atoms with Crippen molar-refractivity contribution >= 4 is 49.6 Å². The Balaban J connectivity index is 0.908. The lowest BCUT2D eigenvalue weighted by atomic mass is 9.87. The second kappa shape index (κ2) is 20.1. The van der Waals surface area contributed by atoms with E-state index in [1.54, 1.807) is 0 Å². The van der Waals surface area contributed by atoms with Crippen LogP contribution in [0, 0.1) is 0 Å². The Kier molecular flexibility index (Phi) is 11.9. The first kappa shape index (κ1) is 46.3. The normalized spacial score (nSPS) is 11.3. The van der Waals surface area contributed by atoms with Gasteiger partial charge in [-0.15, -0.1) is 0 Å². The fourth-order valence-electron chi connectivity index (χ4n) is 11.7. The minimum absolute atomic E-state index is 1.06. The van der Waals surface area contributed by atoms with Gasteiger partial charge in [0.25, 0.3) is 0 Å². The first-order valence-corrected chi connectivity index (χ1v) is 26.8. The molecule has 0 saturated heterocycles. The lowest BCUT2D eigenvalue weighted by molar-refractivity contribution is 1.18. The van der Waals surface area contributed by atoms with Crippen LogP contribution in [-0.4, -0.2) is 4.57 Å². The van der Waals surface area contributed by atoms with Crippen molar-refractivity contribution in [1.29, 1.82) is 0 Å². The number of para-hydroxylation sites is 1. The molecule has 0 N–H and O–H groups in total. The molecule has 1 heterocycles. The molecule has 0 aliphatic carbocycles. The zero-order valence-corrected chi connectivity index (χ0v) is 42.9. The molecule has 0 spiro atoms. The first-order chi connectivity index (χ1) is 38.7. The van der Waals surface area contributed by atoms with Crippen molar-refractivity contribution in [3.63, 3.8) is 0 Å². The van der Waals surface area contributed by atoms with Crippen LogP contribution in [0.2, 0.25) is 0 Å². The smallest absolute Gasteiger partial charge is 0.0561 e. The standard InChI is InChI=1S/C76H52N2/c1-5-18-53(19-6-1)54-32-34-55(35-33-54)56-36-43-65(44-37-56)78-73-31-16-15-28-71(73)72-51-49-66(52-74(72)78)77(63-45-38-60(39-46-63)70-50-42-59-24-13-14-27-67(59)75(70)61-25-11-4-12-26-61)64-47-40-62(41-48-64)76-68(57-20-7-2-8-21-57)29-17-30-69(76)58-22-9-3-10-23-58/h1-52H. The van der Waals surface area contributed by atoms with Crippen LogP contribution in [0.5, 0.6) is 0 Å². The first-order valence-electron chi connectivity index (χ1n) is 26.8. The summed E-state index contributed by atoms with van der Waals surface area (Å²) in [5.74, 6) is 0. The molecular weight excluding hydrogens is 941 g/mol. The van der Waals surface area contributed by atoms with E-state index in [1.165, 1.54) is 93.8 Å². The van der Waals surface area contributed by atoms with Gasteiger partial charge in [0.2, 0.25) is 0 Å². The highest BCUT2D eigenvalue weighted by atomic mass is 15.1. The molecule has 0 bridgehead atoms. The predicted octanol–water partition coefficient (Wildman–Crippen LogP) is 21.1. The summed E-state index contributed by atoms with van der Waals surface area (Å²) < 4.78 is 2.43. The van der Waals surface area contributed by atoms with Gasteiger partial charge in [-0.25, -0.2) is 0 Å². The van der Waals surface area contributed by atoms with Crippen LogP contribution in [0.4, 0.5) is 17.1 Å². The van der Waals surface area contributed by atoms with Crippen molar-refractivity contribution < 1.29 is 0 Å². The minimum atomic E-state index is 1.06. The molecule has 2 heteroatoms. The van der Waals surface area contributed by atoms with Crippen LogP contribution >= 0.6 is 0 Å². The van der Waals surface area contributed by atoms with Crippen LogP contribution in [0.15, 0.2) is 315 Å². The van der Waals surface area contributed by atoms with Crippen molar-refractivity contribution in [3.05, 3.63) is 315 Å². The summed E-state index contributed by atoms with van der Waals surface area (Å²) in [7, 11) is 0. The van der Waals surface area contributed by atoms with Gasteiger partial charge in [-0.1, -0.05) is 261 Å². The summed E-state index contributed by atoms with van der Waals surface area (Å²) in [5, 5.41) is 4.89. The third-order valence-corrected chi connectivity index (χ3v) is 15.4. The molecule has 366 valence electrons. The second-order valence-electron chi connectivity index (χ2n) is 20.0. The number of rotatable bonds is 11. The Hall–Kier alpha value is -10.3. The quantitative estimate of drug-likeness (QED) is 0.125. The molecule has 78 heavy (non-hydrogen) atoms. The Bertz CT molecular complexity index is 4350. The largest absolute Gasteiger partial charge is 0.310 e.